The number of hydrogen-bond acceptors (Lipinski definition) is 3. The van der Waals surface area contributed by atoms with Crippen LogP contribution >= 0.6 is 0 Å². The SMILES string of the molecule is Cc1cnc(C2CCCN2C(=O)c2ccc3nc(C)[nH]c3c2)[nH]1. The highest BCUT2D eigenvalue weighted by molar-refractivity contribution is 5.97. The maximum absolute atomic E-state index is 12.9. The first kappa shape index (κ1) is 14.0. The van der Waals surface area contributed by atoms with Gasteiger partial charge in [0.2, 0.25) is 0 Å². The van der Waals surface area contributed by atoms with Crippen LogP contribution in [0.25, 0.3) is 11.0 Å². The van der Waals surface area contributed by atoms with Crippen LogP contribution in [0.1, 0.15) is 46.6 Å². The number of nitrogens with zero attached hydrogens (tertiary/aromatic N) is 3. The topological polar surface area (TPSA) is 77.7 Å². The van der Waals surface area contributed by atoms with Crippen LogP contribution in [0, 0.1) is 13.8 Å². The predicted molar refractivity (Wildman–Crippen MR) is 87.2 cm³/mol. The summed E-state index contributed by atoms with van der Waals surface area (Å²) in [5, 5.41) is 0. The number of aromatic nitrogens is 4. The Morgan fingerprint density at radius 2 is 2.17 bits per heavy atom. The second-order valence-electron chi connectivity index (χ2n) is 6.16. The summed E-state index contributed by atoms with van der Waals surface area (Å²) in [5.74, 6) is 1.79. The second-order valence-corrected chi connectivity index (χ2v) is 6.16. The third-order valence-electron chi connectivity index (χ3n) is 4.40. The van der Waals surface area contributed by atoms with Gasteiger partial charge in [-0.1, -0.05) is 0 Å². The summed E-state index contributed by atoms with van der Waals surface area (Å²) in [6.45, 7) is 4.66. The molecule has 2 aromatic heterocycles. The predicted octanol–water partition coefficient (Wildman–Crippen LogP) is 2.88. The number of benzene rings is 1. The molecule has 0 bridgehead atoms. The molecule has 1 aliphatic heterocycles. The molecule has 1 atom stereocenters. The van der Waals surface area contributed by atoms with Gasteiger partial charge in [-0.25, -0.2) is 9.97 Å². The van der Waals surface area contributed by atoms with Crippen molar-refractivity contribution < 1.29 is 4.79 Å². The van der Waals surface area contributed by atoms with E-state index < -0.39 is 0 Å². The van der Waals surface area contributed by atoms with E-state index in [1.807, 2.05) is 43.1 Å². The number of H-pyrrole nitrogens is 2. The molecule has 3 heterocycles. The molecule has 1 aliphatic rings. The van der Waals surface area contributed by atoms with Gasteiger partial charge in [-0.15, -0.1) is 0 Å². The maximum Gasteiger partial charge on any atom is 0.254 e. The lowest BCUT2D eigenvalue weighted by molar-refractivity contribution is 0.0730. The van der Waals surface area contributed by atoms with Crippen molar-refractivity contribution in [2.24, 2.45) is 0 Å². The van der Waals surface area contributed by atoms with Gasteiger partial charge < -0.3 is 14.9 Å². The summed E-state index contributed by atoms with van der Waals surface area (Å²) >= 11 is 0. The average molecular weight is 309 g/mol. The van der Waals surface area contributed by atoms with Crippen LogP contribution in [0.3, 0.4) is 0 Å². The molecular weight excluding hydrogens is 290 g/mol. The quantitative estimate of drug-likeness (QED) is 0.764. The number of nitrogens with one attached hydrogen (secondary N) is 2. The molecule has 1 unspecified atom stereocenters. The third kappa shape index (κ3) is 2.40. The highest BCUT2D eigenvalue weighted by Gasteiger charge is 2.32. The van der Waals surface area contributed by atoms with Gasteiger partial charge in [0.1, 0.15) is 11.6 Å². The van der Waals surface area contributed by atoms with Gasteiger partial charge in [-0.3, -0.25) is 4.79 Å². The molecule has 0 radical (unpaired) electrons. The molecule has 6 nitrogen and oxygen atoms in total. The standard InChI is InChI=1S/C17H19N5O/c1-10-9-18-16(19-10)15-4-3-7-22(15)17(23)12-5-6-13-14(8-12)21-11(2)20-13/h5-6,8-9,15H,3-4,7H2,1-2H3,(H,18,19)(H,20,21). The maximum atomic E-state index is 12.9. The zero-order valence-electron chi connectivity index (χ0n) is 13.3. The van der Waals surface area contributed by atoms with Crippen molar-refractivity contribution in [1.82, 2.24) is 24.8 Å². The first-order valence-corrected chi connectivity index (χ1v) is 7.90. The first-order chi connectivity index (χ1) is 11.1. The first-order valence-electron chi connectivity index (χ1n) is 7.90. The zero-order valence-corrected chi connectivity index (χ0v) is 13.3. The van der Waals surface area contributed by atoms with Crippen molar-refractivity contribution in [2.45, 2.75) is 32.7 Å². The monoisotopic (exact) mass is 309 g/mol. The van der Waals surface area contributed by atoms with Crippen molar-refractivity contribution >= 4 is 16.9 Å². The molecule has 0 aliphatic carbocycles. The summed E-state index contributed by atoms with van der Waals surface area (Å²) < 4.78 is 0. The molecular formula is C17H19N5O. The zero-order chi connectivity index (χ0) is 16.0. The Kier molecular flexibility index (Phi) is 3.18. The van der Waals surface area contributed by atoms with E-state index in [0.29, 0.717) is 5.56 Å². The summed E-state index contributed by atoms with van der Waals surface area (Å²) in [4.78, 5) is 30.1. The highest BCUT2D eigenvalue weighted by Crippen LogP contribution is 2.31. The van der Waals surface area contributed by atoms with E-state index in [9.17, 15) is 4.79 Å². The fraction of sp³-hybridized carbons (Fsp3) is 0.353. The van der Waals surface area contributed by atoms with Crippen LogP contribution in [-0.2, 0) is 0 Å². The normalized spacial score (nSPS) is 18.0. The minimum absolute atomic E-state index is 0.0374. The van der Waals surface area contributed by atoms with Crippen molar-refractivity contribution in [2.75, 3.05) is 6.54 Å². The third-order valence-corrected chi connectivity index (χ3v) is 4.40. The van der Waals surface area contributed by atoms with Crippen LogP contribution in [0.2, 0.25) is 0 Å². The van der Waals surface area contributed by atoms with E-state index in [-0.39, 0.29) is 11.9 Å². The minimum atomic E-state index is 0.0374. The minimum Gasteiger partial charge on any atom is -0.344 e. The average Bonchev–Trinajstić information content (AvgIpc) is 3.23. The summed E-state index contributed by atoms with van der Waals surface area (Å²) in [6.07, 6.45) is 3.77. The largest absolute Gasteiger partial charge is 0.344 e. The molecule has 1 fully saturated rings. The number of carbonyl (C=O) groups excluding carboxylic acids is 1. The van der Waals surface area contributed by atoms with E-state index in [2.05, 4.69) is 19.9 Å². The summed E-state index contributed by atoms with van der Waals surface area (Å²) in [5.41, 5.74) is 3.50. The number of imidazole rings is 2. The Balaban J connectivity index is 1.66. The van der Waals surface area contributed by atoms with E-state index in [4.69, 9.17) is 0 Å². The van der Waals surface area contributed by atoms with E-state index in [1.54, 1.807) is 0 Å². The molecule has 3 aromatic rings. The molecule has 0 spiro atoms. The van der Waals surface area contributed by atoms with E-state index in [0.717, 1.165) is 47.8 Å². The highest BCUT2D eigenvalue weighted by atomic mass is 16.2. The van der Waals surface area contributed by atoms with Gasteiger partial charge in [0, 0.05) is 24.0 Å². The Hall–Kier alpha value is -2.63. The Morgan fingerprint density at radius 3 is 2.96 bits per heavy atom. The van der Waals surface area contributed by atoms with Gasteiger partial charge in [-0.2, -0.15) is 0 Å². The molecule has 2 N–H and O–H groups in total. The van der Waals surface area contributed by atoms with E-state index in [1.165, 1.54) is 0 Å². The lowest BCUT2D eigenvalue weighted by Gasteiger charge is -2.23. The molecule has 118 valence electrons. The van der Waals surface area contributed by atoms with Gasteiger partial charge in [0.05, 0.1) is 17.1 Å². The van der Waals surface area contributed by atoms with Gasteiger partial charge in [-0.05, 0) is 44.9 Å². The molecule has 6 heteroatoms. The fourth-order valence-electron chi connectivity index (χ4n) is 3.33. The second kappa shape index (κ2) is 5.22. The Morgan fingerprint density at radius 1 is 1.30 bits per heavy atom. The lowest BCUT2D eigenvalue weighted by atomic mass is 10.1. The number of amides is 1. The smallest absolute Gasteiger partial charge is 0.254 e. The van der Waals surface area contributed by atoms with Crippen LogP contribution in [0.5, 0.6) is 0 Å². The van der Waals surface area contributed by atoms with Gasteiger partial charge in [0.25, 0.3) is 5.91 Å². The number of fused-ring (bicyclic) bond motifs is 1. The van der Waals surface area contributed by atoms with Gasteiger partial charge in [0.15, 0.2) is 0 Å². The Labute approximate surface area is 133 Å². The molecule has 1 aromatic carbocycles. The van der Waals surface area contributed by atoms with Crippen LogP contribution in [-0.4, -0.2) is 37.3 Å². The number of aryl methyl sites for hydroxylation is 2. The molecule has 1 amide bonds. The fourth-order valence-corrected chi connectivity index (χ4v) is 3.33. The molecule has 1 saturated heterocycles. The molecule has 23 heavy (non-hydrogen) atoms. The Bertz CT molecular complexity index is 878. The molecule has 4 rings (SSSR count). The van der Waals surface area contributed by atoms with E-state index >= 15 is 0 Å². The van der Waals surface area contributed by atoms with Crippen LogP contribution < -0.4 is 0 Å². The molecule has 0 saturated carbocycles. The van der Waals surface area contributed by atoms with Crippen molar-refractivity contribution in [3.8, 4) is 0 Å². The number of carbonyl (C=O) groups is 1. The lowest BCUT2D eigenvalue weighted by Crippen LogP contribution is -2.31. The van der Waals surface area contributed by atoms with Crippen molar-refractivity contribution in [1.29, 1.82) is 0 Å². The number of aromatic amines is 2. The summed E-state index contributed by atoms with van der Waals surface area (Å²) in [7, 11) is 0. The summed E-state index contributed by atoms with van der Waals surface area (Å²) in [6, 6.07) is 5.68. The number of rotatable bonds is 2. The van der Waals surface area contributed by atoms with Gasteiger partial charge >= 0.3 is 0 Å². The number of hydrogen-bond donors (Lipinski definition) is 2. The van der Waals surface area contributed by atoms with Crippen molar-refractivity contribution in [3.63, 3.8) is 0 Å². The number of likely N-dealkylation sites (tertiary alicyclic amines) is 1. The van der Waals surface area contributed by atoms with Crippen LogP contribution in [0.4, 0.5) is 0 Å². The van der Waals surface area contributed by atoms with Crippen molar-refractivity contribution in [3.05, 3.63) is 47.3 Å². The van der Waals surface area contributed by atoms with Crippen LogP contribution in [0.15, 0.2) is 24.4 Å².